The second-order valence-electron chi connectivity index (χ2n) is 11.6. The first kappa shape index (κ1) is 21.6. The molecule has 0 amide bonds. The number of fused-ring (bicyclic) bond motifs is 7. The molecule has 0 spiro atoms. The van der Waals surface area contributed by atoms with E-state index < -0.39 is 0 Å². The lowest BCUT2D eigenvalue weighted by Crippen LogP contribution is -2.18. The minimum absolute atomic E-state index is 0.0406. The normalized spacial score (nSPS) is 12.7. The van der Waals surface area contributed by atoms with Crippen LogP contribution in [0.4, 0.5) is 0 Å². The molecule has 0 saturated heterocycles. The molecule has 0 unspecified atom stereocenters. The molecule has 0 saturated carbocycles. The average Bonchev–Trinajstić information content (AvgIpc) is 3.24. The van der Waals surface area contributed by atoms with Crippen molar-refractivity contribution >= 4 is 49.1 Å². The SMILES string of the molecule is Cc1ccc2c(c1)c1cccc3c4cccc5c4-n(c4ccc(C(C)(C)C)cc4n5-c4ccccc4)n2c31. The van der Waals surface area contributed by atoms with Gasteiger partial charge in [-0.3, -0.25) is 0 Å². The van der Waals surface area contributed by atoms with Crippen molar-refractivity contribution in [3.8, 4) is 11.4 Å². The van der Waals surface area contributed by atoms with Gasteiger partial charge in [0, 0.05) is 27.2 Å². The smallest absolute Gasteiger partial charge is 0.0957 e. The van der Waals surface area contributed by atoms with Crippen molar-refractivity contribution in [1.82, 2.24) is 13.8 Å². The van der Waals surface area contributed by atoms with Crippen LogP contribution in [0.5, 0.6) is 0 Å². The lowest BCUT2D eigenvalue weighted by Gasteiger charge is -2.28. The quantitative estimate of drug-likeness (QED) is 0.161. The van der Waals surface area contributed by atoms with E-state index in [9.17, 15) is 0 Å². The van der Waals surface area contributed by atoms with Crippen molar-refractivity contribution in [2.24, 2.45) is 0 Å². The summed E-state index contributed by atoms with van der Waals surface area (Å²) in [5.41, 5.74) is 11.1. The molecule has 8 rings (SSSR count). The number of aromatic nitrogens is 3. The number of aryl methyl sites for hydroxylation is 1. The molecule has 0 atom stereocenters. The molecule has 0 aliphatic carbocycles. The summed E-state index contributed by atoms with van der Waals surface area (Å²) in [6, 6.07) is 38.2. The van der Waals surface area contributed by atoms with Gasteiger partial charge in [-0.15, -0.1) is 0 Å². The first-order valence-corrected chi connectivity index (χ1v) is 13.4. The molecular formula is C35H29N3. The molecule has 5 aromatic carbocycles. The molecule has 0 fully saturated rings. The number of para-hydroxylation sites is 3. The monoisotopic (exact) mass is 491 g/mol. The predicted octanol–water partition coefficient (Wildman–Crippen LogP) is 9.18. The summed E-state index contributed by atoms with van der Waals surface area (Å²) in [7, 11) is 0. The topological polar surface area (TPSA) is 14.3 Å². The van der Waals surface area contributed by atoms with Crippen molar-refractivity contribution in [3.63, 3.8) is 0 Å². The predicted molar refractivity (Wildman–Crippen MR) is 161 cm³/mol. The van der Waals surface area contributed by atoms with Gasteiger partial charge in [0.15, 0.2) is 0 Å². The number of hydrogen-bond donors (Lipinski definition) is 0. The van der Waals surface area contributed by atoms with Gasteiger partial charge in [-0.05, 0) is 60.4 Å². The summed E-state index contributed by atoms with van der Waals surface area (Å²) in [5, 5.41) is 5.16. The highest BCUT2D eigenvalue weighted by molar-refractivity contribution is 6.20. The lowest BCUT2D eigenvalue weighted by molar-refractivity contribution is 0.590. The van der Waals surface area contributed by atoms with E-state index >= 15 is 0 Å². The maximum absolute atomic E-state index is 2.47. The van der Waals surface area contributed by atoms with E-state index in [-0.39, 0.29) is 5.41 Å². The maximum Gasteiger partial charge on any atom is 0.0957 e. The van der Waals surface area contributed by atoms with E-state index in [4.69, 9.17) is 0 Å². The van der Waals surface area contributed by atoms with Gasteiger partial charge in [0.1, 0.15) is 0 Å². The molecule has 0 radical (unpaired) electrons. The van der Waals surface area contributed by atoms with Crippen molar-refractivity contribution in [2.45, 2.75) is 33.1 Å². The van der Waals surface area contributed by atoms with Crippen molar-refractivity contribution < 1.29 is 0 Å². The Kier molecular flexibility index (Phi) is 4.14. The van der Waals surface area contributed by atoms with Gasteiger partial charge in [-0.1, -0.05) is 87.0 Å². The van der Waals surface area contributed by atoms with Crippen LogP contribution in [0.25, 0.3) is 60.5 Å². The first-order chi connectivity index (χ1) is 18.4. The van der Waals surface area contributed by atoms with E-state index in [2.05, 4.69) is 145 Å². The van der Waals surface area contributed by atoms with Gasteiger partial charge in [0.25, 0.3) is 0 Å². The maximum atomic E-state index is 2.47. The summed E-state index contributed by atoms with van der Waals surface area (Å²) in [6.45, 7) is 9.05. The van der Waals surface area contributed by atoms with Crippen LogP contribution in [0.15, 0.2) is 103 Å². The van der Waals surface area contributed by atoms with Gasteiger partial charge in [-0.25, -0.2) is 9.20 Å². The van der Waals surface area contributed by atoms with Crippen LogP contribution < -0.4 is 0 Å². The molecule has 0 N–H and O–H groups in total. The van der Waals surface area contributed by atoms with Crippen LogP contribution in [-0.4, -0.2) is 13.8 Å². The highest BCUT2D eigenvalue weighted by Crippen LogP contribution is 2.42. The zero-order valence-electron chi connectivity index (χ0n) is 22.2. The van der Waals surface area contributed by atoms with E-state index in [1.807, 2.05) is 0 Å². The Morgan fingerprint density at radius 2 is 1.26 bits per heavy atom. The Labute approximate surface area is 221 Å². The van der Waals surface area contributed by atoms with Crippen molar-refractivity contribution in [2.75, 3.05) is 0 Å². The summed E-state index contributed by atoms with van der Waals surface area (Å²) in [6.07, 6.45) is 0. The van der Waals surface area contributed by atoms with Crippen LogP contribution in [0.3, 0.4) is 0 Å². The third-order valence-electron chi connectivity index (χ3n) is 8.20. The molecule has 0 bridgehead atoms. The van der Waals surface area contributed by atoms with E-state index in [1.165, 1.54) is 71.6 Å². The number of hydrogen-bond acceptors (Lipinski definition) is 0. The second-order valence-corrected chi connectivity index (χ2v) is 11.6. The Balaban J connectivity index is 1.74. The lowest BCUT2D eigenvalue weighted by atomic mass is 9.87. The number of benzene rings is 5. The fourth-order valence-electron chi connectivity index (χ4n) is 6.40. The van der Waals surface area contributed by atoms with Gasteiger partial charge < -0.3 is 4.57 Å². The molecule has 184 valence electrons. The van der Waals surface area contributed by atoms with Gasteiger partial charge in [0.2, 0.25) is 0 Å². The zero-order chi connectivity index (χ0) is 25.8. The minimum atomic E-state index is 0.0406. The summed E-state index contributed by atoms with van der Waals surface area (Å²) in [4.78, 5) is 0. The van der Waals surface area contributed by atoms with Crippen molar-refractivity contribution in [3.05, 3.63) is 114 Å². The summed E-state index contributed by atoms with van der Waals surface area (Å²) in [5.74, 6) is 0. The minimum Gasteiger partial charge on any atom is -0.306 e. The molecular weight excluding hydrogens is 462 g/mol. The van der Waals surface area contributed by atoms with Crippen LogP contribution in [-0.2, 0) is 5.41 Å². The second kappa shape index (κ2) is 7.29. The molecule has 1 aromatic heterocycles. The van der Waals surface area contributed by atoms with E-state index in [0.29, 0.717) is 0 Å². The first-order valence-electron chi connectivity index (χ1n) is 13.4. The zero-order valence-corrected chi connectivity index (χ0v) is 22.2. The number of nitrogens with zero attached hydrogens (tertiary/aromatic N) is 3. The van der Waals surface area contributed by atoms with Gasteiger partial charge in [-0.2, -0.15) is 0 Å². The largest absolute Gasteiger partial charge is 0.306 e. The highest BCUT2D eigenvalue weighted by atomic mass is 15.4. The van der Waals surface area contributed by atoms with Crippen molar-refractivity contribution in [1.29, 1.82) is 0 Å². The standard InChI is InChI=1S/C35H29N3/c1-22-16-18-29-28(20-22)27-13-8-12-25-26-14-9-15-31-34(26)38(37(29)33(25)27)30-19-17-23(35(2,3)4)21-32(30)36(31)24-10-6-5-7-11-24/h5-21H,1-4H3. The number of rotatable bonds is 1. The fourth-order valence-corrected chi connectivity index (χ4v) is 6.40. The van der Waals surface area contributed by atoms with E-state index in [0.717, 1.165) is 0 Å². The molecule has 3 heterocycles. The molecule has 2 aliphatic rings. The van der Waals surface area contributed by atoms with Crippen LogP contribution >= 0.6 is 0 Å². The Bertz CT molecular complexity index is 2160. The fraction of sp³-hybridized carbons (Fsp3) is 0.143. The Hall–Kier alpha value is -4.50. The summed E-state index contributed by atoms with van der Waals surface area (Å²) >= 11 is 0. The summed E-state index contributed by atoms with van der Waals surface area (Å²) < 4.78 is 7.38. The molecule has 3 nitrogen and oxygen atoms in total. The highest BCUT2D eigenvalue weighted by Gasteiger charge is 2.25. The Morgan fingerprint density at radius 1 is 0.553 bits per heavy atom. The van der Waals surface area contributed by atoms with Gasteiger partial charge >= 0.3 is 0 Å². The van der Waals surface area contributed by atoms with Crippen LogP contribution in [0.1, 0.15) is 31.9 Å². The molecule has 38 heavy (non-hydrogen) atoms. The Morgan fingerprint density at radius 3 is 2.05 bits per heavy atom. The van der Waals surface area contributed by atoms with Crippen LogP contribution in [0, 0.1) is 6.92 Å². The molecule has 2 aliphatic heterocycles. The third kappa shape index (κ3) is 2.74. The molecule has 3 heteroatoms. The van der Waals surface area contributed by atoms with Crippen LogP contribution in [0.2, 0.25) is 0 Å². The van der Waals surface area contributed by atoms with Gasteiger partial charge in [0.05, 0.1) is 33.3 Å². The molecule has 6 aromatic rings. The third-order valence-corrected chi connectivity index (χ3v) is 8.20. The average molecular weight is 492 g/mol. The van der Waals surface area contributed by atoms with E-state index in [1.54, 1.807) is 0 Å².